The Bertz CT molecular complexity index is 444. The average molecular weight is 272 g/mol. The van der Waals surface area contributed by atoms with Crippen molar-refractivity contribution in [2.24, 2.45) is 11.8 Å². The second kappa shape index (κ2) is 9.13. The van der Waals surface area contributed by atoms with Crippen molar-refractivity contribution in [3.8, 4) is 0 Å². The molecule has 108 valence electrons. The van der Waals surface area contributed by atoms with Gasteiger partial charge in [-0.2, -0.15) is 0 Å². The Balaban J connectivity index is 2.28. The molecule has 0 fully saturated rings. The summed E-state index contributed by atoms with van der Waals surface area (Å²) in [6.45, 7) is 6.41. The van der Waals surface area contributed by atoms with Gasteiger partial charge in [0.05, 0.1) is 12.7 Å². The summed E-state index contributed by atoms with van der Waals surface area (Å²) in [6, 6.07) is 9.61. The molecule has 0 aliphatic carbocycles. The maximum Gasteiger partial charge on any atom is 0.315 e. The molecule has 0 heterocycles. The van der Waals surface area contributed by atoms with Crippen LogP contribution in [0.4, 0.5) is 0 Å². The molecular weight excluding hydrogens is 248 g/mol. The Labute approximate surface area is 122 Å². The van der Waals surface area contributed by atoms with E-state index in [1.165, 1.54) is 6.26 Å². The zero-order valence-corrected chi connectivity index (χ0v) is 12.6. The van der Waals surface area contributed by atoms with E-state index in [4.69, 9.17) is 4.74 Å². The van der Waals surface area contributed by atoms with Crippen LogP contribution in [0.15, 0.2) is 54.8 Å². The molecule has 0 saturated carbocycles. The number of rotatable bonds is 7. The summed E-state index contributed by atoms with van der Waals surface area (Å²) >= 11 is 0. The summed E-state index contributed by atoms with van der Waals surface area (Å²) in [5, 5.41) is 0. The number of hydrogen-bond donors (Lipinski definition) is 0. The minimum absolute atomic E-state index is 0.225. The Morgan fingerprint density at radius 1 is 1.15 bits per heavy atom. The molecule has 1 rings (SSSR count). The minimum atomic E-state index is -0.225. The lowest BCUT2D eigenvalue weighted by Gasteiger charge is -2.03. The van der Waals surface area contributed by atoms with Crippen LogP contribution in [-0.4, -0.2) is 5.97 Å². The summed E-state index contributed by atoms with van der Waals surface area (Å²) in [6.07, 6.45) is 9.07. The lowest BCUT2D eigenvalue weighted by molar-refractivity contribution is -0.137. The van der Waals surface area contributed by atoms with Crippen molar-refractivity contribution < 1.29 is 9.53 Å². The first kappa shape index (κ1) is 16.2. The quantitative estimate of drug-likeness (QED) is 0.414. The molecule has 1 aromatic rings. The van der Waals surface area contributed by atoms with Gasteiger partial charge in [0.15, 0.2) is 0 Å². The van der Waals surface area contributed by atoms with Crippen LogP contribution in [0.2, 0.25) is 0 Å². The average Bonchev–Trinajstić information content (AvgIpc) is 2.39. The molecule has 1 unspecified atom stereocenters. The van der Waals surface area contributed by atoms with Crippen molar-refractivity contribution in [3.63, 3.8) is 0 Å². The van der Waals surface area contributed by atoms with Crippen LogP contribution >= 0.6 is 0 Å². The van der Waals surface area contributed by atoms with Gasteiger partial charge >= 0.3 is 5.97 Å². The zero-order valence-electron chi connectivity index (χ0n) is 12.6. The molecule has 0 saturated heterocycles. The summed E-state index contributed by atoms with van der Waals surface area (Å²) in [5.74, 6) is 0.724. The Kier molecular flexibility index (Phi) is 7.41. The summed E-state index contributed by atoms with van der Waals surface area (Å²) in [7, 11) is 0. The lowest BCUT2D eigenvalue weighted by atomic mass is 10.1. The molecule has 0 amide bonds. The van der Waals surface area contributed by atoms with Crippen LogP contribution in [0.3, 0.4) is 0 Å². The summed E-state index contributed by atoms with van der Waals surface area (Å²) in [4.78, 5) is 11.6. The van der Waals surface area contributed by atoms with Crippen molar-refractivity contribution in [1.82, 2.24) is 0 Å². The predicted molar refractivity (Wildman–Crippen MR) is 83.1 cm³/mol. The molecule has 0 aromatic heterocycles. The molecule has 0 radical (unpaired) electrons. The highest BCUT2D eigenvalue weighted by atomic mass is 16.5. The smallest absolute Gasteiger partial charge is 0.315 e. The van der Waals surface area contributed by atoms with Gasteiger partial charge in [-0.25, -0.2) is 0 Å². The van der Waals surface area contributed by atoms with Crippen LogP contribution in [0.1, 0.15) is 32.8 Å². The van der Waals surface area contributed by atoms with Crippen molar-refractivity contribution in [2.75, 3.05) is 0 Å². The third-order valence-electron chi connectivity index (χ3n) is 2.83. The fourth-order valence-electron chi connectivity index (χ4n) is 1.70. The fourth-order valence-corrected chi connectivity index (χ4v) is 1.70. The van der Waals surface area contributed by atoms with Crippen LogP contribution in [0, 0.1) is 11.8 Å². The molecule has 0 aliphatic heterocycles. The number of allylic oxidation sites excluding steroid dienone is 3. The lowest BCUT2D eigenvalue weighted by Crippen LogP contribution is -2.04. The molecular formula is C18H24O2. The van der Waals surface area contributed by atoms with E-state index in [9.17, 15) is 4.79 Å². The Morgan fingerprint density at radius 2 is 1.85 bits per heavy atom. The largest absolute Gasteiger partial charge is 0.435 e. The summed E-state index contributed by atoms with van der Waals surface area (Å²) in [5.41, 5.74) is 0.971. The van der Waals surface area contributed by atoms with Gasteiger partial charge in [0.2, 0.25) is 0 Å². The van der Waals surface area contributed by atoms with E-state index in [2.05, 4.69) is 32.9 Å². The first-order valence-corrected chi connectivity index (χ1v) is 7.14. The molecule has 1 atom stereocenters. The van der Waals surface area contributed by atoms with Crippen LogP contribution in [0.25, 0.3) is 0 Å². The molecule has 0 bridgehead atoms. The van der Waals surface area contributed by atoms with Gasteiger partial charge in [0, 0.05) is 0 Å². The highest BCUT2D eigenvalue weighted by Gasteiger charge is 2.02. The number of esters is 1. The molecule has 1 aromatic carbocycles. The van der Waals surface area contributed by atoms with Crippen molar-refractivity contribution >= 4 is 5.97 Å². The predicted octanol–water partition coefficient (Wildman–Crippen LogP) is 4.52. The van der Waals surface area contributed by atoms with E-state index in [-0.39, 0.29) is 5.97 Å². The monoisotopic (exact) mass is 272 g/mol. The first-order valence-electron chi connectivity index (χ1n) is 7.14. The van der Waals surface area contributed by atoms with Gasteiger partial charge in [-0.1, -0.05) is 63.3 Å². The van der Waals surface area contributed by atoms with Gasteiger partial charge in [-0.3, -0.25) is 4.79 Å². The molecule has 2 nitrogen and oxygen atoms in total. The normalized spacial score (nSPS) is 13.2. The molecule has 20 heavy (non-hydrogen) atoms. The van der Waals surface area contributed by atoms with Crippen molar-refractivity contribution in [3.05, 3.63) is 60.4 Å². The van der Waals surface area contributed by atoms with E-state index < -0.39 is 0 Å². The van der Waals surface area contributed by atoms with Gasteiger partial charge < -0.3 is 4.74 Å². The maximum absolute atomic E-state index is 11.6. The third-order valence-corrected chi connectivity index (χ3v) is 2.83. The van der Waals surface area contributed by atoms with E-state index in [1.54, 1.807) is 0 Å². The fraction of sp³-hybridized carbons (Fsp3) is 0.389. The van der Waals surface area contributed by atoms with E-state index >= 15 is 0 Å². The van der Waals surface area contributed by atoms with Crippen LogP contribution < -0.4 is 0 Å². The standard InChI is InChI=1S/C18H24O2/c1-15(2)8-7-9-16(3)12-13-20-18(19)14-17-10-5-4-6-11-17/h4-8,10-13,15-16H,9,14H2,1-3H3/b8-7+,13-12+. The molecule has 2 heteroatoms. The number of carbonyl (C=O) groups excluding carboxylic acids is 1. The molecule has 0 N–H and O–H groups in total. The number of hydrogen-bond acceptors (Lipinski definition) is 2. The van der Waals surface area contributed by atoms with Crippen molar-refractivity contribution in [2.45, 2.75) is 33.6 Å². The highest BCUT2D eigenvalue weighted by molar-refractivity contribution is 5.73. The zero-order chi connectivity index (χ0) is 14.8. The van der Waals surface area contributed by atoms with Gasteiger partial charge in [-0.15, -0.1) is 0 Å². The number of benzene rings is 1. The van der Waals surface area contributed by atoms with Gasteiger partial charge in [-0.05, 0) is 29.9 Å². The van der Waals surface area contributed by atoms with E-state index in [1.807, 2.05) is 36.4 Å². The van der Waals surface area contributed by atoms with Crippen molar-refractivity contribution in [1.29, 1.82) is 0 Å². The van der Waals surface area contributed by atoms with Gasteiger partial charge in [0.25, 0.3) is 0 Å². The maximum atomic E-state index is 11.6. The van der Waals surface area contributed by atoms with Crippen LogP contribution in [-0.2, 0) is 16.0 Å². The number of ether oxygens (including phenoxy) is 1. The number of carbonyl (C=O) groups is 1. The van der Waals surface area contributed by atoms with Crippen LogP contribution in [0.5, 0.6) is 0 Å². The second-order valence-corrected chi connectivity index (χ2v) is 5.37. The third kappa shape index (κ3) is 7.57. The topological polar surface area (TPSA) is 26.3 Å². The SMILES string of the molecule is CC(C)/C=C/CC(C)/C=C/OC(=O)Cc1ccccc1. The minimum Gasteiger partial charge on any atom is -0.435 e. The molecule has 0 aliphatic rings. The van der Waals surface area contributed by atoms with Gasteiger partial charge in [0.1, 0.15) is 0 Å². The van der Waals surface area contributed by atoms with E-state index in [0.717, 1.165) is 12.0 Å². The molecule has 0 spiro atoms. The Morgan fingerprint density at radius 3 is 2.50 bits per heavy atom. The Hall–Kier alpha value is -1.83. The second-order valence-electron chi connectivity index (χ2n) is 5.37. The van der Waals surface area contributed by atoms with E-state index in [0.29, 0.717) is 18.3 Å². The first-order chi connectivity index (χ1) is 9.58. The highest BCUT2D eigenvalue weighted by Crippen LogP contribution is 2.07. The summed E-state index contributed by atoms with van der Waals surface area (Å²) < 4.78 is 5.10.